The molecular weight excluding hydrogens is 232 g/mol. The molecule has 0 saturated heterocycles. The summed E-state index contributed by atoms with van der Waals surface area (Å²) >= 11 is 3.32. The number of hydrogen-bond donors (Lipinski definition) is 0. The SMILES string of the molecule is CCOc1cc(Br)nc(C(C)C)n1. The quantitative estimate of drug-likeness (QED) is 0.768. The van der Waals surface area contributed by atoms with Crippen LogP contribution in [0.3, 0.4) is 0 Å². The van der Waals surface area contributed by atoms with E-state index >= 15 is 0 Å². The lowest BCUT2D eigenvalue weighted by molar-refractivity contribution is 0.324. The Labute approximate surface area is 86.7 Å². The van der Waals surface area contributed by atoms with E-state index in [1.54, 1.807) is 6.07 Å². The second-order valence-electron chi connectivity index (χ2n) is 2.97. The van der Waals surface area contributed by atoms with Crippen molar-refractivity contribution < 1.29 is 4.74 Å². The summed E-state index contributed by atoms with van der Waals surface area (Å²) in [5.41, 5.74) is 0. The van der Waals surface area contributed by atoms with E-state index in [0.717, 1.165) is 10.4 Å². The van der Waals surface area contributed by atoms with Crippen LogP contribution >= 0.6 is 15.9 Å². The van der Waals surface area contributed by atoms with Crippen molar-refractivity contribution in [2.75, 3.05) is 6.61 Å². The molecule has 0 fully saturated rings. The Kier molecular flexibility index (Phi) is 3.66. The fourth-order valence-electron chi connectivity index (χ4n) is 0.894. The van der Waals surface area contributed by atoms with Gasteiger partial charge in [-0.05, 0) is 22.9 Å². The minimum absolute atomic E-state index is 0.316. The lowest BCUT2D eigenvalue weighted by atomic mass is 10.2. The zero-order valence-corrected chi connectivity index (χ0v) is 9.63. The highest BCUT2D eigenvalue weighted by Crippen LogP contribution is 2.18. The number of hydrogen-bond acceptors (Lipinski definition) is 3. The van der Waals surface area contributed by atoms with Gasteiger partial charge in [0.05, 0.1) is 6.61 Å². The summed E-state index contributed by atoms with van der Waals surface area (Å²) in [6, 6.07) is 1.77. The summed E-state index contributed by atoms with van der Waals surface area (Å²) in [6.07, 6.45) is 0. The molecule has 1 heterocycles. The van der Waals surface area contributed by atoms with Crippen molar-refractivity contribution in [3.63, 3.8) is 0 Å². The molecule has 0 unspecified atom stereocenters. The topological polar surface area (TPSA) is 35.0 Å². The van der Waals surface area contributed by atoms with Gasteiger partial charge >= 0.3 is 0 Å². The van der Waals surface area contributed by atoms with E-state index in [4.69, 9.17) is 4.74 Å². The maximum atomic E-state index is 5.30. The fourth-order valence-corrected chi connectivity index (χ4v) is 1.27. The van der Waals surface area contributed by atoms with Crippen LogP contribution in [-0.4, -0.2) is 16.6 Å². The predicted octanol–water partition coefficient (Wildman–Crippen LogP) is 2.76. The molecule has 72 valence electrons. The fraction of sp³-hybridized carbons (Fsp3) is 0.556. The van der Waals surface area contributed by atoms with Crippen LogP contribution in [0.5, 0.6) is 5.88 Å². The Balaban J connectivity index is 2.96. The van der Waals surface area contributed by atoms with Gasteiger partial charge in [0, 0.05) is 12.0 Å². The molecule has 0 bridgehead atoms. The molecule has 13 heavy (non-hydrogen) atoms. The highest BCUT2D eigenvalue weighted by molar-refractivity contribution is 9.10. The zero-order chi connectivity index (χ0) is 9.84. The number of rotatable bonds is 3. The molecule has 4 heteroatoms. The molecular formula is C9H13BrN2O. The van der Waals surface area contributed by atoms with Crippen LogP contribution in [-0.2, 0) is 0 Å². The van der Waals surface area contributed by atoms with Crippen molar-refractivity contribution in [2.24, 2.45) is 0 Å². The molecule has 1 rings (SSSR count). The highest BCUT2D eigenvalue weighted by atomic mass is 79.9. The molecule has 3 nitrogen and oxygen atoms in total. The van der Waals surface area contributed by atoms with Gasteiger partial charge in [0.25, 0.3) is 0 Å². The molecule has 1 aromatic rings. The second-order valence-corrected chi connectivity index (χ2v) is 3.79. The molecule has 0 radical (unpaired) electrons. The first-order valence-electron chi connectivity index (χ1n) is 4.30. The summed E-state index contributed by atoms with van der Waals surface area (Å²) in [7, 11) is 0. The molecule has 0 amide bonds. The Morgan fingerprint density at radius 2 is 2.15 bits per heavy atom. The molecule has 0 spiro atoms. The van der Waals surface area contributed by atoms with Gasteiger partial charge in [-0.15, -0.1) is 0 Å². The first-order valence-corrected chi connectivity index (χ1v) is 5.10. The lowest BCUT2D eigenvalue weighted by Crippen LogP contribution is -2.02. The molecule has 0 aliphatic carbocycles. The first-order chi connectivity index (χ1) is 6.13. The van der Waals surface area contributed by atoms with Crippen molar-refractivity contribution in [2.45, 2.75) is 26.7 Å². The molecule has 0 N–H and O–H groups in total. The van der Waals surface area contributed by atoms with E-state index in [1.807, 2.05) is 6.92 Å². The van der Waals surface area contributed by atoms with Gasteiger partial charge in [-0.25, -0.2) is 4.98 Å². The summed E-state index contributed by atoms with van der Waals surface area (Å²) in [6.45, 7) is 6.67. The van der Waals surface area contributed by atoms with Gasteiger partial charge in [0.1, 0.15) is 10.4 Å². The summed E-state index contributed by atoms with van der Waals surface area (Å²) < 4.78 is 6.07. The van der Waals surface area contributed by atoms with Crippen LogP contribution < -0.4 is 4.74 Å². The molecule has 0 aromatic carbocycles. The Hall–Kier alpha value is -0.640. The van der Waals surface area contributed by atoms with Gasteiger partial charge < -0.3 is 4.74 Å². The molecule has 0 aliphatic rings. The number of nitrogens with zero attached hydrogens (tertiary/aromatic N) is 2. The van der Waals surface area contributed by atoms with E-state index in [9.17, 15) is 0 Å². The van der Waals surface area contributed by atoms with E-state index < -0.39 is 0 Å². The van der Waals surface area contributed by atoms with Gasteiger partial charge in [-0.2, -0.15) is 4.98 Å². The van der Waals surface area contributed by atoms with Crippen LogP contribution in [0.2, 0.25) is 0 Å². The van der Waals surface area contributed by atoms with Crippen LogP contribution in [0, 0.1) is 0 Å². The Morgan fingerprint density at radius 3 is 2.69 bits per heavy atom. The highest BCUT2D eigenvalue weighted by Gasteiger charge is 2.06. The predicted molar refractivity (Wildman–Crippen MR) is 55.0 cm³/mol. The standard InChI is InChI=1S/C9H13BrN2O/c1-4-13-8-5-7(10)11-9(12-8)6(2)3/h5-6H,4H2,1-3H3. The number of halogens is 1. The van der Waals surface area contributed by atoms with E-state index in [1.165, 1.54) is 0 Å². The average Bonchev–Trinajstić information content (AvgIpc) is 2.03. The van der Waals surface area contributed by atoms with Crippen molar-refractivity contribution in [1.82, 2.24) is 9.97 Å². The largest absolute Gasteiger partial charge is 0.478 e. The van der Waals surface area contributed by atoms with Crippen LogP contribution in [0.15, 0.2) is 10.7 Å². The third-order valence-corrected chi connectivity index (χ3v) is 1.90. The lowest BCUT2D eigenvalue weighted by Gasteiger charge is -2.07. The van der Waals surface area contributed by atoms with Gasteiger partial charge in [0.2, 0.25) is 5.88 Å². The molecule has 0 aliphatic heterocycles. The van der Waals surface area contributed by atoms with E-state index in [0.29, 0.717) is 18.4 Å². The van der Waals surface area contributed by atoms with Crippen molar-refractivity contribution in [3.05, 3.63) is 16.5 Å². The molecule has 0 saturated carbocycles. The number of ether oxygens (including phenoxy) is 1. The molecule has 0 atom stereocenters. The minimum Gasteiger partial charge on any atom is -0.478 e. The Bertz CT molecular complexity index is 289. The minimum atomic E-state index is 0.316. The maximum absolute atomic E-state index is 5.30. The van der Waals surface area contributed by atoms with Gasteiger partial charge in [-0.1, -0.05) is 13.8 Å². The Morgan fingerprint density at radius 1 is 1.46 bits per heavy atom. The van der Waals surface area contributed by atoms with E-state index in [-0.39, 0.29) is 0 Å². The van der Waals surface area contributed by atoms with Crippen LogP contribution in [0.4, 0.5) is 0 Å². The first kappa shape index (κ1) is 10.4. The van der Waals surface area contributed by atoms with Crippen LogP contribution in [0.1, 0.15) is 32.5 Å². The van der Waals surface area contributed by atoms with Gasteiger partial charge in [-0.3, -0.25) is 0 Å². The summed E-state index contributed by atoms with van der Waals surface area (Å²) in [4.78, 5) is 8.50. The third-order valence-electron chi connectivity index (χ3n) is 1.50. The van der Waals surface area contributed by atoms with E-state index in [2.05, 4.69) is 39.7 Å². The summed E-state index contributed by atoms with van der Waals surface area (Å²) in [5, 5.41) is 0. The second kappa shape index (κ2) is 4.56. The zero-order valence-electron chi connectivity index (χ0n) is 8.04. The van der Waals surface area contributed by atoms with Crippen molar-refractivity contribution in [1.29, 1.82) is 0 Å². The average molecular weight is 245 g/mol. The molecule has 1 aromatic heterocycles. The number of aromatic nitrogens is 2. The smallest absolute Gasteiger partial charge is 0.217 e. The van der Waals surface area contributed by atoms with Crippen molar-refractivity contribution >= 4 is 15.9 Å². The monoisotopic (exact) mass is 244 g/mol. The van der Waals surface area contributed by atoms with Gasteiger partial charge in [0.15, 0.2) is 0 Å². The van der Waals surface area contributed by atoms with Crippen molar-refractivity contribution in [3.8, 4) is 5.88 Å². The normalized spacial score (nSPS) is 10.5. The van der Waals surface area contributed by atoms with Crippen LogP contribution in [0.25, 0.3) is 0 Å². The third kappa shape index (κ3) is 2.95. The maximum Gasteiger partial charge on any atom is 0.217 e. The summed E-state index contributed by atoms with van der Waals surface area (Å²) in [5.74, 6) is 1.75.